The summed E-state index contributed by atoms with van der Waals surface area (Å²) in [6.45, 7) is 8.19. The molecule has 1 heteroatoms. The Bertz CT molecular complexity index is 422. The Hall–Kier alpha value is -1.76. The van der Waals surface area contributed by atoms with Gasteiger partial charge < -0.3 is 4.74 Å². The maximum absolute atomic E-state index is 5.49. The van der Waals surface area contributed by atoms with E-state index in [1.165, 1.54) is 24.8 Å². The van der Waals surface area contributed by atoms with Crippen LogP contribution in [0.4, 0.5) is 0 Å². The van der Waals surface area contributed by atoms with Gasteiger partial charge in [0.25, 0.3) is 0 Å². The van der Waals surface area contributed by atoms with E-state index < -0.39 is 0 Å². The third-order valence-corrected chi connectivity index (χ3v) is 2.78. The minimum atomic E-state index is 0.696. The summed E-state index contributed by atoms with van der Waals surface area (Å²) in [5.74, 6) is 0.696. The second kappa shape index (κ2) is 9.21. The van der Waals surface area contributed by atoms with E-state index in [-0.39, 0.29) is 0 Å². The zero-order valence-corrected chi connectivity index (χ0v) is 12.1. The van der Waals surface area contributed by atoms with Gasteiger partial charge in [0.2, 0.25) is 0 Å². The Labute approximate surface area is 117 Å². The van der Waals surface area contributed by atoms with Gasteiger partial charge in [-0.1, -0.05) is 48.6 Å². The van der Waals surface area contributed by atoms with Gasteiger partial charge in [0.05, 0.1) is 6.26 Å². The predicted octanol–water partition coefficient (Wildman–Crippen LogP) is 5.71. The normalized spacial score (nSPS) is 10.4. The molecule has 0 unspecified atom stereocenters. The van der Waals surface area contributed by atoms with Gasteiger partial charge in [-0.25, -0.2) is 0 Å². The lowest BCUT2D eigenvalue weighted by molar-refractivity contribution is 0.435. The molecule has 0 spiro atoms. The molecule has 19 heavy (non-hydrogen) atoms. The highest BCUT2D eigenvalue weighted by atomic mass is 16.5. The fourth-order valence-electron chi connectivity index (χ4n) is 1.69. The molecule has 1 nitrogen and oxygen atoms in total. The summed E-state index contributed by atoms with van der Waals surface area (Å²) in [6.07, 6.45) is 10.8. The van der Waals surface area contributed by atoms with E-state index in [4.69, 9.17) is 4.74 Å². The van der Waals surface area contributed by atoms with Crippen molar-refractivity contribution in [2.24, 2.45) is 0 Å². The molecule has 0 aliphatic rings. The fourth-order valence-corrected chi connectivity index (χ4v) is 1.69. The average Bonchev–Trinajstić information content (AvgIpc) is 2.42. The molecule has 0 heterocycles. The van der Waals surface area contributed by atoms with Crippen LogP contribution in [0.25, 0.3) is 5.76 Å². The van der Waals surface area contributed by atoms with Crippen LogP contribution in [0.2, 0.25) is 0 Å². The second-order valence-corrected chi connectivity index (χ2v) is 4.84. The van der Waals surface area contributed by atoms with Crippen LogP contribution in [0.5, 0.6) is 0 Å². The Kier molecular flexibility index (Phi) is 7.41. The van der Waals surface area contributed by atoms with Crippen LogP contribution >= 0.6 is 0 Å². The molecule has 0 aromatic heterocycles. The van der Waals surface area contributed by atoms with Gasteiger partial charge in [-0.15, -0.1) is 0 Å². The molecule has 1 aromatic carbocycles. The number of unbranched alkanes of at least 4 members (excludes halogenated alkanes) is 3. The number of hydrogen-bond donors (Lipinski definition) is 0. The highest BCUT2D eigenvalue weighted by Gasteiger charge is 1.95. The SMILES string of the molecule is C=C(O/C=C/CCCCC=C(C)C)c1ccccc1. The molecule has 0 atom stereocenters. The first kappa shape index (κ1) is 15.3. The van der Waals surface area contributed by atoms with Gasteiger partial charge in [0.15, 0.2) is 0 Å². The largest absolute Gasteiger partial charge is 0.465 e. The zero-order valence-electron chi connectivity index (χ0n) is 12.1. The number of ether oxygens (including phenoxy) is 1. The van der Waals surface area contributed by atoms with E-state index in [1.54, 1.807) is 6.26 Å². The molecule has 1 aromatic rings. The van der Waals surface area contributed by atoms with Crippen molar-refractivity contribution in [2.75, 3.05) is 0 Å². The minimum Gasteiger partial charge on any atom is -0.465 e. The van der Waals surface area contributed by atoms with Crippen LogP contribution in [0.3, 0.4) is 0 Å². The standard InChI is InChI=1S/C18H24O/c1-16(2)12-8-5-4-6-11-15-19-17(3)18-13-9-7-10-14-18/h7,9-15H,3-6,8H2,1-2H3/b15-11+. The van der Waals surface area contributed by atoms with Crippen LogP contribution in [-0.2, 0) is 4.74 Å². The van der Waals surface area contributed by atoms with Crippen molar-refractivity contribution in [3.05, 3.63) is 66.5 Å². The van der Waals surface area contributed by atoms with Crippen molar-refractivity contribution in [3.8, 4) is 0 Å². The number of benzene rings is 1. The third kappa shape index (κ3) is 7.30. The number of allylic oxidation sites excluding steroid dienone is 3. The van der Waals surface area contributed by atoms with Crippen LogP contribution in [-0.4, -0.2) is 0 Å². The Morgan fingerprint density at radius 1 is 1.11 bits per heavy atom. The Balaban J connectivity index is 2.14. The molecule has 0 N–H and O–H groups in total. The van der Waals surface area contributed by atoms with Crippen LogP contribution in [0.1, 0.15) is 45.1 Å². The zero-order chi connectivity index (χ0) is 13.9. The lowest BCUT2D eigenvalue weighted by atomic mass is 10.1. The molecular weight excluding hydrogens is 232 g/mol. The average molecular weight is 256 g/mol. The lowest BCUT2D eigenvalue weighted by Gasteiger charge is -2.03. The van der Waals surface area contributed by atoms with Gasteiger partial charge in [-0.05, 0) is 45.6 Å². The molecule has 0 radical (unpaired) electrons. The van der Waals surface area contributed by atoms with E-state index in [0.717, 1.165) is 12.0 Å². The van der Waals surface area contributed by atoms with E-state index in [0.29, 0.717) is 5.76 Å². The Morgan fingerprint density at radius 3 is 2.47 bits per heavy atom. The van der Waals surface area contributed by atoms with Gasteiger partial charge in [-0.2, -0.15) is 0 Å². The maximum Gasteiger partial charge on any atom is 0.126 e. The van der Waals surface area contributed by atoms with Crippen molar-refractivity contribution in [1.29, 1.82) is 0 Å². The molecule has 0 aliphatic carbocycles. The smallest absolute Gasteiger partial charge is 0.126 e. The summed E-state index contributed by atoms with van der Waals surface area (Å²) >= 11 is 0. The summed E-state index contributed by atoms with van der Waals surface area (Å²) in [7, 11) is 0. The van der Waals surface area contributed by atoms with Crippen LogP contribution < -0.4 is 0 Å². The Morgan fingerprint density at radius 2 is 1.79 bits per heavy atom. The van der Waals surface area contributed by atoms with Gasteiger partial charge in [0.1, 0.15) is 5.76 Å². The molecule has 0 amide bonds. The first-order chi connectivity index (χ1) is 9.20. The minimum absolute atomic E-state index is 0.696. The van der Waals surface area contributed by atoms with Crippen molar-refractivity contribution in [1.82, 2.24) is 0 Å². The lowest BCUT2D eigenvalue weighted by Crippen LogP contribution is -1.83. The summed E-state index contributed by atoms with van der Waals surface area (Å²) in [5.41, 5.74) is 2.42. The third-order valence-electron chi connectivity index (χ3n) is 2.78. The van der Waals surface area contributed by atoms with E-state index in [2.05, 4.69) is 32.6 Å². The summed E-state index contributed by atoms with van der Waals surface area (Å²) < 4.78 is 5.49. The molecule has 0 saturated heterocycles. The quantitative estimate of drug-likeness (QED) is 0.328. The summed E-state index contributed by atoms with van der Waals surface area (Å²) in [5, 5.41) is 0. The van der Waals surface area contributed by atoms with Crippen molar-refractivity contribution >= 4 is 5.76 Å². The van der Waals surface area contributed by atoms with E-state index in [1.807, 2.05) is 30.3 Å². The highest BCUT2D eigenvalue weighted by Crippen LogP contribution is 2.13. The van der Waals surface area contributed by atoms with Crippen molar-refractivity contribution < 1.29 is 4.74 Å². The van der Waals surface area contributed by atoms with E-state index in [9.17, 15) is 0 Å². The number of rotatable bonds is 8. The molecule has 0 saturated carbocycles. The fraction of sp³-hybridized carbons (Fsp3) is 0.333. The molecule has 0 aliphatic heterocycles. The highest BCUT2D eigenvalue weighted by molar-refractivity contribution is 5.57. The number of hydrogen-bond acceptors (Lipinski definition) is 1. The van der Waals surface area contributed by atoms with Gasteiger partial charge >= 0.3 is 0 Å². The second-order valence-electron chi connectivity index (χ2n) is 4.84. The van der Waals surface area contributed by atoms with Gasteiger partial charge in [0, 0.05) is 5.56 Å². The first-order valence-corrected chi connectivity index (χ1v) is 6.89. The molecule has 0 bridgehead atoms. The summed E-state index contributed by atoms with van der Waals surface area (Å²) in [4.78, 5) is 0. The van der Waals surface area contributed by atoms with Crippen molar-refractivity contribution in [2.45, 2.75) is 39.5 Å². The summed E-state index contributed by atoms with van der Waals surface area (Å²) in [6, 6.07) is 9.94. The van der Waals surface area contributed by atoms with E-state index >= 15 is 0 Å². The molecule has 0 fully saturated rings. The van der Waals surface area contributed by atoms with Gasteiger partial charge in [-0.3, -0.25) is 0 Å². The van der Waals surface area contributed by atoms with Crippen LogP contribution in [0.15, 0.2) is 60.9 Å². The topological polar surface area (TPSA) is 9.23 Å². The predicted molar refractivity (Wildman–Crippen MR) is 83.6 cm³/mol. The van der Waals surface area contributed by atoms with Crippen LogP contribution in [0, 0.1) is 0 Å². The molecule has 102 valence electrons. The monoisotopic (exact) mass is 256 g/mol. The molecular formula is C18H24O. The molecule has 1 rings (SSSR count). The van der Waals surface area contributed by atoms with Crippen molar-refractivity contribution in [3.63, 3.8) is 0 Å². The first-order valence-electron chi connectivity index (χ1n) is 6.89. The maximum atomic E-state index is 5.49.